The lowest BCUT2D eigenvalue weighted by molar-refractivity contribution is 0.476. The fraction of sp³-hybridized carbons (Fsp3) is 0.333. The molecule has 1 heterocycles. The molecule has 0 bridgehead atoms. The highest BCUT2D eigenvalue weighted by Gasteiger charge is 2.21. The number of rotatable bonds is 5. The Balaban J connectivity index is 1.95. The molecule has 0 aliphatic carbocycles. The van der Waals surface area contributed by atoms with E-state index in [-0.39, 0.29) is 16.3 Å². The first-order valence-electron chi connectivity index (χ1n) is 6.18. The van der Waals surface area contributed by atoms with Gasteiger partial charge in [-0.15, -0.1) is 11.3 Å². The van der Waals surface area contributed by atoms with Gasteiger partial charge in [-0.25, -0.2) is 4.39 Å². The van der Waals surface area contributed by atoms with Crippen LogP contribution in [0.4, 0.5) is 4.39 Å². The van der Waals surface area contributed by atoms with Crippen molar-refractivity contribution < 1.29 is 4.39 Å². The minimum absolute atomic E-state index is 0.0635. The second-order valence-electron chi connectivity index (χ2n) is 5.18. The third-order valence-electron chi connectivity index (χ3n) is 3.10. The van der Waals surface area contributed by atoms with E-state index in [0.717, 1.165) is 12.1 Å². The summed E-state index contributed by atoms with van der Waals surface area (Å²) in [5.41, 5.74) is 0.859. The number of benzene rings is 1. The van der Waals surface area contributed by atoms with Gasteiger partial charge in [0.1, 0.15) is 5.82 Å². The molecule has 102 valence electrons. The highest BCUT2D eigenvalue weighted by molar-refractivity contribution is 7.10. The summed E-state index contributed by atoms with van der Waals surface area (Å²) < 4.78 is 13.3. The molecule has 0 amide bonds. The Morgan fingerprint density at radius 1 is 1.26 bits per heavy atom. The van der Waals surface area contributed by atoms with E-state index in [2.05, 4.69) is 36.7 Å². The Bertz CT molecular complexity index is 537. The molecule has 0 aliphatic rings. The summed E-state index contributed by atoms with van der Waals surface area (Å²) in [6.07, 6.45) is 0. The molecule has 1 N–H and O–H groups in total. The van der Waals surface area contributed by atoms with E-state index in [1.165, 1.54) is 10.9 Å². The first-order valence-corrected chi connectivity index (χ1v) is 7.44. The van der Waals surface area contributed by atoms with Crippen LogP contribution >= 0.6 is 22.9 Å². The molecular formula is C15H17ClFNS. The van der Waals surface area contributed by atoms with Crippen molar-refractivity contribution in [1.29, 1.82) is 0 Å². The fourth-order valence-electron chi connectivity index (χ4n) is 1.95. The van der Waals surface area contributed by atoms with Gasteiger partial charge in [0.25, 0.3) is 0 Å². The van der Waals surface area contributed by atoms with E-state index in [0.29, 0.717) is 6.54 Å². The molecule has 0 radical (unpaired) electrons. The molecule has 0 saturated heterocycles. The Kier molecular flexibility index (Phi) is 4.61. The normalized spacial score (nSPS) is 11.8. The molecule has 19 heavy (non-hydrogen) atoms. The van der Waals surface area contributed by atoms with Crippen molar-refractivity contribution in [2.24, 2.45) is 0 Å². The second-order valence-corrected chi connectivity index (χ2v) is 6.50. The number of hydrogen-bond acceptors (Lipinski definition) is 2. The van der Waals surface area contributed by atoms with Crippen LogP contribution in [0, 0.1) is 5.82 Å². The molecule has 0 unspecified atom stereocenters. The zero-order valence-corrected chi connectivity index (χ0v) is 12.6. The maximum Gasteiger partial charge on any atom is 0.142 e. The quantitative estimate of drug-likeness (QED) is 0.850. The highest BCUT2D eigenvalue weighted by atomic mass is 35.5. The summed E-state index contributed by atoms with van der Waals surface area (Å²) in [4.78, 5) is 1.34. The maximum atomic E-state index is 13.3. The first-order chi connectivity index (χ1) is 9.00. The van der Waals surface area contributed by atoms with Gasteiger partial charge in [-0.1, -0.05) is 43.6 Å². The summed E-state index contributed by atoms with van der Waals surface area (Å²) in [6, 6.07) is 9.10. The topological polar surface area (TPSA) is 12.0 Å². The first kappa shape index (κ1) is 14.5. The van der Waals surface area contributed by atoms with Crippen LogP contribution in [-0.4, -0.2) is 6.54 Å². The van der Waals surface area contributed by atoms with Crippen LogP contribution in [0.25, 0.3) is 0 Å². The molecule has 2 rings (SSSR count). The van der Waals surface area contributed by atoms with Crippen LogP contribution in [-0.2, 0) is 12.0 Å². The molecule has 0 spiro atoms. The lowest BCUT2D eigenvalue weighted by Crippen LogP contribution is -2.32. The van der Waals surface area contributed by atoms with E-state index < -0.39 is 0 Å². The average molecular weight is 298 g/mol. The van der Waals surface area contributed by atoms with Crippen LogP contribution in [0.1, 0.15) is 24.3 Å². The molecule has 4 heteroatoms. The van der Waals surface area contributed by atoms with E-state index in [4.69, 9.17) is 11.6 Å². The predicted molar refractivity (Wildman–Crippen MR) is 80.5 cm³/mol. The largest absolute Gasteiger partial charge is 0.312 e. The van der Waals surface area contributed by atoms with Crippen LogP contribution in [0.2, 0.25) is 5.02 Å². The summed E-state index contributed by atoms with van der Waals surface area (Å²) >= 11 is 7.69. The van der Waals surface area contributed by atoms with Crippen molar-refractivity contribution in [3.05, 3.63) is 57.0 Å². The number of halogens is 2. The molecule has 0 aliphatic heterocycles. The van der Waals surface area contributed by atoms with E-state index in [9.17, 15) is 4.39 Å². The minimum atomic E-state index is -0.363. The monoisotopic (exact) mass is 297 g/mol. The average Bonchev–Trinajstić information content (AvgIpc) is 2.89. The Hall–Kier alpha value is -0.900. The fourth-order valence-corrected chi connectivity index (χ4v) is 2.99. The number of thiophene rings is 1. The van der Waals surface area contributed by atoms with Crippen molar-refractivity contribution in [2.75, 3.05) is 6.54 Å². The summed E-state index contributed by atoms with van der Waals surface area (Å²) in [6.45, 7) is 5.78. The van der Waals surface area contributed by atoms with Gasteiger partial charge in [-0.3, -0.25) is 0 Å². The SMILES string of the molecule is CC(C)(CNCc1cccc(F)c1Cl)c1cccs1. The lowest BCUT2D eigenvalue weighted by atomic mass is 9.91. The summed E-state index contributed by atoms with van der Waals surface area (Å²) in [5.74, 6) is -0.363. The van der Waals surface area contributed by atoms with Crippen molar-refractivity contribution >= 4 is 22.9 Å². The molecule has 0 fully saturated rings. The Morgan fingerprint density at radius 2 is 2.05 bits per heavy atom. The number of hydrogen-bond donors (Lipinski definition) is 1. The third kappa shape index (κ3) is 3.56. The zero-order chi connectivity index (χ0) is 13.9. The lowest BCUT2D eigenvalue weighted by Gasteiger charge is -2.24. The van der Waals surface area contributed by atoms with Crippen LogP contribution in [0.3, 0.4) is 0 Å². The van der Waals surface area contributed by atoms with Crippen molar-refractivity contribution in [3.63, 3.8) is 0 Å². The molecule has 0 atom stereocenters. The second kappa shape index (κ2) is 6.04. The molecule has 2 aromatic rings. The van der Waals surface area contributed by atoms with Gasteiger partial charge in [-0.2, -0.15) is 0 Å². The van der Waals surface area contributed by atoms with Gasteiger partial charge in [-0.05, 0) is 23.1 Å². The third-order valence-corrected chi connectivity index (χ3v) is 4.76. The molecular weight excluding hydrogens is 281 g/mol. The van der Waals surface area contributed by atoms with Crippen LogP contribution in [0.15, 0.2) is 35.7 Å². The summed E-state index contributed by atoms with van der Waals surface area (Å²) in [7, 11) is 0. The molecule has 1 aromatic carbocycles. The van der Waals surface area contributed by atoms with Gasteiger partial charge in [0, 0.05) is 23.4 Å². The standard InChI is InChI=1S/C15H17ClFNS/c1-15(2,13-7-4-8-19-13)10-18-9-11-5-3-6-12(17)14(11)16/h3-8,18H,9-10H2,1-2H3. The van der Waals surface area contributed by atoms with Gasteiger partial charge in [0.05, 0.1) is 5.02 Å². The van der Waals surface area contributed by atoms with Crippen LogP contribution in [0.5, 0.6) is 0 Å². The zero-order valence-electron chi connectivity index (χ0n) is 11.0. The Morgan fingerprint density at radius 3 is 2.74 bits per heavy atom. The van der Waals surface area contributed by atoms with Crippen molar-refractivity contribution in [1.82, 2.24) is 5.32 Å². The maximum absolute atomic E-state index is 13.3. The molecule has 0 saturated carbocycles. The van der Waals surface area contributed by atoms with E-state index >= 15 is 0 Å². The number of nitrogens with one attached hydrogen (secondary N) is 1. The van der Waals surface area contributed by atoms with Gasteiger partial charge in [0.15, 0.2) is 0 Å². The highest BCUT2D eigenvalue weighted by Crippen LogP contribution is 2.27. The summed E-state index contributed by atoms with van der Waals surface area (Å²) in [5, 5.41) is 5.65. The van der Waals surface area contributed by atoms with E-state index in [1.807, 2.05) is 6.07 Å². The smallest absolute Gasteiger partial charge is 0.142 e. The molecule has 1 aromatic heterocycles. The molecule has 1 nitrogen and oxygen atoms in total. The van der Waals surface area contributed by atoms with E-state index in [1.54, 1.807) is 17.4 Å². The van der Waals surface area contributed by atoms with Crippen molar-refractivity contribution in [2.45, 2.75) is 25.8 Å². The minimum Gasteiger partial charge on any atom is -0.312 e. The van der Waals surface area contributed by atoms with Gasteiger partial charge < -0.3 is 5.32 Å². The Labute approximate surface area is 122 Å². The van der Waals surface area contributed by atoms with Gasteiger partial charge in [0.2, 0.25) is 0 Å². The van der Waals surface area contributed by atoms with Crippen LogP contribution < -0.4 is 5.32 Å². The van der Waals surface area contributed by atoms with Crippen molar-refractivity contribution in [3.8, 4) is 0 Å². The predicted octanol–water partition coefficient (Wildman–Crippen LogP) is 4.61. The van der Waals surface area contributed by atoms with Gasteiger partial charge >= 0.3 is 0 Å².